The first kappa shape index (κ1) is 21.2. The van der Waals surface area contributed by atoms with Crippen molar-refractivity contribution in [3.05, 3.63) is 88.4 Å². The first-order chi connectivity index (χ1) is 15.6. The summed E-state index contributed by atoms with van der Waals surface area (Å²) in [6.07, 6.45) is 2.82. The number of ether oxygens (including phenoxy) is 1. The third-order valence-electron chi connectivity index (χ3n) is 4.96. The van der Waals surface area contributed by atoms with Gasteiger partial charge < -0.3 is 10.1 Å². The number of halogens is 1. The fourth-order valence-corrected chi connectivity index (χ4v) is 3.33. The number of nitrogens with one attached hydrogen (secondary N) is 1. The van der Waals surface area contributed by atoms with E-state index >= 15 is 0 Å². The summed E-state index contributed by atoms with van der Waals surface area (Å²) in [5.41, 5.74) is 1.03. The van der Waals surface area contributed by atoms with Gasteiger partial charge in [-0.25, -0.2) is 14.1 Å². The van der Waals surface area contributed by atoms with Crippen molar-refractivity contribution in [2.24, 2.45) is 0 Å². The van der Waals surface area contributed by atoms with Crippen LogP contribution >= 0.6 is 0 Å². The van der Waals surface area contributed by atoms with Gasteiger partial charge in [0.25, 0.3) is 11.5 Å². The number of amides is 1. The number of hydrogen-bond acceptors (Lipinski definition) is 5. The standard InChI is InChI=1S/C23H22FN5O3/c1-2-32-18-9-7-16(8-10-18)22(30)25-11-12-29-21-19(13-27-29)23(31)28(15-26-21)14-17-5-3-4-6-20(17)24/h3-10,13,15H,2,11-12,14H2,1H3,(H,25,30). The second-order valence-corrected chi connectivity index (χ2v) is 7.09. The molecule has 0 aliphatic carbocycles. The van der Waals surface area contributed by atoms with E-state index in [0.29, 0.717) is 47.6 Å². The second-order valence-electron chi connectivity index (χ2n) is 7.09. The van der Waals surface area contributed by atoms with Gasteiger partial charge >= 0.3 is 0 Å². The molecule has 0 bridgehead atoms. The first-order valence-corrected chi connectivity index (χ1v) is 10.2. The van der Waals surface area contributed by atoms with Gasteiger partial charge in [-0.15, -0.1) is 0 Å². The molecule has 4 rings (SSSR count). The molecule has 1 N–H and O–H groups in total. The van der Waals surface area contributed by atoms with Crippen LogP contribution in [0.1, 0.15) is 22.8 Å². The zero-order valence-corrected chi connectivity index (χ0v) is 17.5. The van der Waals surface area contributed by atoms with Crippen molar-refractivity contribution in [3.8, 4) is 5.75 Å². The lowest BCUT2D eigenvalue weighted by atomic mass is 10.2. The van der Waals surface area contributed by atoms with Crippen molar-refractivity contribution in [2.45, 2.75) is 20.0 Å². The molecule has 32 heavy (non-hydrogen) atoms. The highest BCUT2D eigenvalue weighted by molar-refractivity contribution is 5.94. The summed E-state index contributed by atoms with van der Waals surface area (Å²) < 4.78 is 22.2. The highest BCUT2D eigenvalue weighted by Gasteiger charge is 2.12. The summed E-state index contributed by atoms with van der Waals surface area (Å²) in [6.45, 7) is 3.19. The summed E-state index contributed by atoms with van der Waals surface area (Å²) in [5, 5.41) is 7.38. The van der Waals surface area contributed by atoms with Gasteiger partial charge in [-0.2, -0.15) is 5.10 Å². The number of hydrogen-bond donors (Lipinski definition) is 1. The highest BCUT2D eigenvalue weighted by Crippen LogP contribution is 2.12. The van der Waals surface area contributed by atoms with E-state index in [0.717, 1.165) is 0 Å². The number of nitrogens with zero attached hydrogens (tertiary/aromatic N) is 4. The van der Waals surface area contributed by atoms with Crippen molar-refractivity contribution in [2.75, 3.05) is 13.2 Å². The van der Waals surface area contributed by atoms with Gasteiger partial charge in [0.05, 0.1) is 25.9 Å². The molecule has 164 valence electrons. The molecule has 0 saturated heterocycles. The van der Waals surface area contributed by atoms with Crippen LogP contribution in [0.15, 0.2) is 65.8 Å². The minimum atomic E-state index is -0.376. The predicted octanol–water partition coefficient (Wildman–Crippen LogP) is 2.61. The second kappa shape index (κ2) is 9.42. The van der Waals surface area contributed by atoms with Crippen LogP contribution in [0.3, 0.4) is 0 Å². The maximum Gasteiger partial charge on any atom is 0.264 e. The Morgan fingerprint density at radius 1 is 1.16 bits per heavy atom. The Labute approximate surface area is 183 Å². The van der Waals surface area contributed by atoms with E-state index in [-0.39, 0.29) is 23.8 Å². The number of fused-ring (bicyclic) bond motifs is 1. The van der Waals surface area contributed by atoms with Crippen molar-refractivity contribution in [1.29, 1.82) is 0 Å². The molecule has 9 heteroatoms. The Kier molecular flexibility index (Phi) is 6.25. The molecule has 8 nitrogen and oxygen atoms in total. The van der Waals surface area contributed by atoms with Crippen LogP contribution in [0.4, 0.5) is 4.39 Å². The van der Waals surface area contributed by atoms with Crippen LogP contribution in [0.25, 0.3) is 11.0 Å². The highest BCUT2D eigenvalue weighted by atomic mass is 19.1. The molecule has 0 atom stereocenters. The Balaban J connectivity index is 1.42. The minimum Gasteiger partial charge on any atom is -0.494 e. The Hall–Kier alpha value is -4.01. The fourth-order valence-electron chi connectivity index (χ4n) is 3.33. The average molecular weight is 435 g/mol. The van der Waals surface area contributed by atoms with E-state index in [9.17, 15) is 14.0 Å². The normalized spacial score (nSPS) is 10.9. The molecule has 0 spiro atoms. The average Bonchev–Trinajstić information content (AvgIpc) is 3.21. The largest absolute Gasteiger partial charge is 0.494 e. The van der Waals surface area contributed by atoms with Crippen LogP contribution in [-0.4, -0.2) is 38.4 Å². The van der Waals surface area contributed by atoms with Gasteiger partial charge in [-0.3, -0.25) is 14.2 Å². The molecule has 2 heterocycles. The van der Waals surface area contributed by atoms with Crippen LogP contribution in [0.2, 0.25) is 0 Å². The predicted molar refractivity (Wildman–Crippen MR) is 117 cm³/mol. The van der Waals surface area contributed by atoms with E-state index in [1.165, 1.54) is 23.2 Å². The molecule has 0 unspecified atom stereocenters. The van der Waals surface area contributed by atoms with Gasteiger partial charge in [0.1, 0.15) is 23.3 Å². The van der Waals surface area contributed by atoms with E-state index < -0.39 is 0 Å². The minimum absolute atomic E-state index is 0.0811. The Morgan fingerprint density at radius 3 is 2.69 bits per heavy atom. The van der Waals surface area contributed by atoms with E-state index in [1.54, 1.807) is 47.1 Å². The van der Waals surface area contributed by atoms with Gasteiger partial charge in [0, 0.05) is 17.7 Å². The lowest BCUT2D eigenvalue weighted by Crippen LogP contribution is -2.27. The zero-order chi connectivity index (χ0) is 22.5. The summed E-state index contributed by atoms with van der Waals surface area (Å²) in [5.74, 6) is 0.113. The van der Waals surface area contributed by atoms with Crippen molar-refractivity contribution in [1.82, 2.24) is 24.6 Å². The topological polar surface area (TPSA) is 91.0 Å². The van der Waals surface area contributed by atoms with Gasteiger partial charge in [0.2, 0.25) is 0 Å². The lowest BCUT2D eigenvalue weighted by molar-refractivity contribution is 0.0952. The first-order valence-electron chi connectivity index (χ1n) is 10.2. The summed E-state index contributed by atoms with van der Waals surface area (Å²) >= 11 is 0. The summed E-state index contributed by atoms with van der Waals surface area (Å²) in [7, 11) is 0. The van der Waals surface area contributed by atoms with Crippen molar-refractivity contribution in [3.63, 3.8) is 0 Å². The van der Waals surface area contributed by atoms with E-state index in [1.807, 2.05) is 6.92 Å². The van der Waals surface area contributed by atoms with Gasteiger partial charge in [-0.05, 0) is 37.3 Å². The molecular formula is C23H22FN5O3. The zero-order valence-electron chi connectivity index (χ0n) is 17.5. The van der Waals surface area contributed by atoms with Crippen molar-refractivity contribution >= 4 is 16.9 Å². The number of benzene rings is 2. The number of aromatic nitrogens is 4. The Morgan fingerprint density at radius 2 is 1.94 bits per heavy atom. The maximum atomic E-state index is 13.9. The molecule has 0 aliphatic heterocycles. The molecule has 2 aromatic carbocycles. The van der Waals surface area contributed by atoms with Crippen LogP contribution in [0.5, 0.6) is 5.75 Å². The molecule has 0 aliphatic rings. The third-order valence-corrected chi connectivity index (χ3v) is 4.96. The van der Waals surface area contributed by atoms with Gasteiger partial charge in [-0.1, -0.05) is 18.2 Å². The molecule has 0 fully saturated rings. The SMILES string of the molecule is CCOc1ccc(C(=O)NCCn2ncc3c(=O)n(Cc4ccccc4F)cnc32)cc1. The molecule has 4 aromatic rings. The fraction of sp³-hybridized carbons (Fsp3) is 0.217. The lowest BCUT2D eigenvalue weighted by Gasteiger charge is -2.08. The van der Waals surface area contributed by atoms with E-state index in [4.69, 9.17) is 4.74 Å². The Bertz CT molecular complexity index is 1300. The molecule has 2 aromatic heterocycles. The summed E-state index contributed by atoms with van der Waals surface area (Å²) in [6, 6.07) is 13.2. The molecule has 0 saturated carbocycles. The van der Waals surface area contributed by atoms with Crippen LogP contribution < -0.4 is 15.6 Å². The monoisotopic (exact) mass is 435 g/mol. The third kappa shape index (κ3) is 4.51. The maximum absolute atomic E-state index is 13.9. The quantitative estimate of drug-likeness (QED) is 0.459. The van der Waals surface area contributed by atoms with Crippen LogP contribution in [-0.2, 0) is 13.1 Å². The number of carbonyl (C=O) groups is 1. The van der Waals surface area contributed by atoms with Crippen LogP contribution in [0, 0.1) is 5.82 Å². The van der Waals surface area contributed by atoms with Gasteiger partial charge in [0.15, 0.2) is 5.65 Å². The molecule has 1 amide bonds. The smallest absolute Gasteiger partial charge is 0.264 e. The molecular weight excluding hydrogens is 413 g/mol. The van der Waals surface area contributed by atoms with E-state index in [2.05, 4.69) is 15.4 Å². The molecule has 0 radical (unpaired) electrons. The number of carbonyl (C=O) groups excluding carboxylic acids is 1. The number of rotatable bonds is 8. The van der Waals surface area contributed by atoms with Crippen molar-refractivity contribution < 1.29 is 13.9 Å². The summed E-state index contributed by atoms with van der Waals surface area (Å²) in [4.78, 5) is 29.4.